The van der Waals surface area contributed by atoms with Gasteiger partial charge in [-0.1, -0.05) is 0 Å². The molecule has 58 valence electrons. The van der Waals surface area contributed by atoms with Gasteiger partial charge >= 0.3 is 0 Å². The Kier molecular flexibility index (Phi) is 1.49. The van der Waals surface area contributed by atoms with Gasteiger partial charge in [-0.2, -0.15) is 5.10 Å². The third-order valence-electron chi connectivity index (χ3n) is 2.12. The maximum Gasteiger partial charge on any atom is 0.161 e. The van der Waals surface area contributed by atoms with E-state index in [0.717, 1.165) is 30.5 Å². The first-order chi connectivity index (χ1) is 5.38. The molecule has 0 bridgehead atoms. The lowest BCUT2D eigenvalue weighted by Gasteiger charge is -2.20. The van der Waals surface area contributed by atoms with Gasteiger partial charge in [-0.15, -0.1) is 0 Å². The molecular formula is C8H10N2O. The number of hydrogen-bond donors (Lipinski definition) is 1. The number of nitrogens with zero attached hydrogens (tertiary/aromatic N) is 1. The minimum atomic E-state index is 0.296. The first-order valence-electron chi connectivity index (χ1n) is 3.90. The van der Waals surface area contributed by atoms with Crippen LogP contribution in [0.1, 0.15) is 25.7 Å². The van der Waals surface area contributed by atoms with Gasteiger partial charge < -0.3 is 0 Å². The molecule has 1 aliphatic carbocycles. The van der Waals surface area contributed by atoms with E-state index in [-0.39, 0.29) is 0 Å². The van der Waals surface area contributed by atoms with Gasteiger partial charge in [-0.3, -0.25) is 10.2 Å². The number of nitrogens with one attached hydrogen (secondary N) is 1. The lowest BCUT2D eigenvalue weighted by atomic mass is 9.93. The van der Waals surface area contributed by atoms with Crippen LogP contribution in [0.3, 0.4) is 0 Å². The Morgan fingerprint density at radius 3 is 3.18 bits per heavy atom. The van der Waals surface area contributed by atoms with E-state index in [0.29, 0.717) is 12.2 Å². The summed E-state index contributed by atoms with van der Waals surface area (Å²) in [5, 5.41) is 3.91. The molecule has 11 heavy (non-hydrogen) atoms. The second-order valence-electron chi connectivity index (χ2n) is 2.86. The molecule has 0 radical (unpaired) electrons. The van der Waals surface area contributed by atoms with Crippen molar-refractivity contribution in [3.8, 4) is 0 Å². The molecule has 1 heterocycles. The van der Waals surface area contributed by atoms with E-state index < -0.39 is 0 Å². The second-order valence-corrected chi connectivity index (χ2v) is 2.86. The highest BCUT2D eigenvalue weighted by Gasteiger charge is 2.20. The minimum Gasteiger partial charge on any atom is -0.294 e. The molecule has 0 saturated carbocycles. The third-order valence-corrected chi connectivity index (χ3v) is 2.12. The van der Waals surface area contributed by atoms with E-state index in [2.05, 4.69) is 10.5 Å². The summed E-state index contributed by atoms with van der Waals surface area (Å²) in [6.45, 7) is 0. The zero-order valence-corrected chi connectivity index (χ0v) is 6.26. The van der Waals surface area contributed by atoms with E-state index in [1.54, 1.807) is 6.21 Å². The van der Waals surface area contributed by atoms with Crippen molar-refractivity contribution >= 4 is 12.0 Å². The number of Topliss-reactive ketones (excluding diaryl/α,β-unsaturated/α-hetero) is 1. The Hall–Kier alpha value is -1.12. The SMILES string of the molecule is O=C1CCCC2=C1CC=NN2. The van der Waals surface area contributed by atoms with E-state index in [4.69, 9.17) is 0 Å². The fourth-order valence-electron chi connectivity index (χ4n) is 1.52. The van der Waals surface area contributed by atoms with Crippen molar-refractivity contribution in [3.63, 3.8) is 0 Å². The van der Waals surface area contributed by atoms with Crippen molar-refractivity contribution in [1.82, 2.24) is 5.43 Å². The number of rotatable bonds is 0. The molecule has 2 aliphatic rings. The zero-order chi connectivity index (χ0) is 7.68. The molecule has 3 nitrogen and oxygen atoms in total. The van der Waals surface area contributed by atoms with Crippen LogP contribution < -0.4 is 5.43 Å². The average molecular weight is 150 g/mol. The smallest absolute Gasteiger partial charge is 0.161 e. The topological polar surface area (TPSA) is 41.5 Å². The van der Waals surface area contributed by atoms with Crippen LogP contribution in [0.25, 0.3) is 0 Å². The van der Waals surface area contributed by atoms with Crippen molar-refractivity contribution < 1.29 is 4.79 Å². The Balaban J connectivity index is 2.29. The monoisotopic (exact) mass is 150 g/mol. The predicted octanol–water partition coefficient (Wildman–Crippen LogP) is 0.973. The highest BCUT2D eigenvalue weighted by atomic mass is 16.1. The molecule has 0 atom stereocenters. The highest BCUT2D eigenvalue weighted by Crippen LogP contribution is 2.23. The summed E-state index contributed by atoms with van der Waals surface area (Å²) in [6, 6.07) is 0. The van der Waals surface area contributed by atoms with Crippen LogP contribution >= 0.6 is 0 Å². The molecule has 1 aliphatic heterocycles. The predicted molar refractivity (Wildman–Crippen MR) is 42.1 cm³/mol. The van der Waals surface area contributed by atoms with E-state index in [1.165, 1.54) is 0 Å². The summed E-state index contributed by atoms with van der Waals surface area (Å²) < 4.78 is 0. The van der Waals surface area contributed by atoms with Crippen molar-refractivity contribution in [3.05, 3.63) is 11.3 Å². The van der Waals surface area contributed by atoms with Gasteiger partial charge in [0.25, 0.3) is 0 Å². The quantitative estimate of drug-likeness (QED) is 0.559. The van der Waals surface area contributed by atoms with Crippen molar-refractivity contribution in [1.29, 1.82) is 0 Å². The molecule has 0 aromatic heterocycles. The fourth-order valence-corrected chi connectivity index (χ4v) is 1.52. The number of hydrogen-bond acceptors (Lipinski definition) is 3. The standard InChI is InChI=1S/C8H10N2O/c11-8-3-1-2-7-6(8)4-5-9-10-7/h5,10H,1-4H2. The van der Waals surface area contributed by atoms with Crippen LogP contribution in [0.15, 0.2) is 16.4 Å². The Labute approximate surface area is 65.2 Å². The normalized spacial score (nSPS) is 23.1. The van der Waals surface area contributed by atoms with Crippen molar-refractivity contribution in [2.24, 2.45) is 5.10 Å². The molecular weight excluding hydrogens is 140 g/mol. The lowest BCUT2D eigenvalue weighted by Crippen LogP contribution is -2.22. The molecule has 0 aromatic carbocycles. The number of carbonyl (C=O) groups is 1. The highest BCUT2D eigenvalue weighted by molar-refractivity contribution is 5.99. The Morgan fingerprint density at radius 1 is 1.45 bits per heavy atom. The number of hydrazone groups is 1. The molecule has 0 aromatic rings. The zero-order valence-electron chi connectivity index (χ0n) is 6.26. The molecule has 0 spiro atoms. The van der Waals surface area contributed by atoms with Crippen LogP contribution in [0.4, 0.5) is 0 Å². The van der Waals surface area contributed by atoms with Crippen LogP contribution in [0.5, 0.6) is 0 Å². The van der Waals surface area contributed by atoms with Gasteiger partial charge in [0.15, 0.2) is 5.78 Å². The van der Waals surface area contributed by atoms with Crippen LogP contribution in [0, 0.1) is 0 Å². The van der Waals surface area contributed by atoms with Crippen LogP contribution in [0.2, 0.25) is 0 Å². The van der Waals surface area contributed by atoms with Gasteiger partial charge in [-0.25, -0.2) is 0 Å². The number of allylic oxidation sites excluding steroid dienone is 2. The summed E-state index contributed by atoms with van der Waals surface area (Å²) >= 11 is 0. The molecule has 2 rings (SSSR count). The van der Waals surface area contributed by atoms with E-state index in [9.17, 15) is 4.79 Å². The van der Waals surface area contributed by atoms with Crippen LogP contribution in [-0.4, -0.2) is 12.0 Å². The molecule has 0 fully saturated rings. The maximum atomic E-state index is 11.3. The molecule has 0 amide bonds. The van der Waals surface area contributed by atoms with Crippen molar-refractivity contribution in [2.45, 2.75) is 25.7 Å². The Bertz CT molecular complexity index is 253. The largest absolute Gasteiger partial charge is 0.294 e. The first-order valence-corrected chi connectivity index (χ1v) is 3.90. The Morgan fingerprint density at radius 2 is 2.36 bits per heavy atom. The number of ketones is 1. The summed E-state index contributed by atoms with van der Waals surface area (Å²) in [6.07, 6.45) is 5.15. The maximum absolute atomic E-state index is 11.3. The molecule has 0 unspecified atom stereocenters. The fraction of sp³-hybridized carbons (Fsp3) is 0.500. The second kappa shape index (κ2) is 2.49. The van der Waals surface area contributed by atoms with Crippen LogP contribution in [-0.2, 0) is 4.79 Å². The van der Waals surface area contributed by atoms with Gasteiger partial charge in [0.2, 0.25) is 0 Å². The van der Waals surface area contributed by atoms with Gasteiger partial charge in [-0.05, 0) is 12.8 Å². The van der Waals surface area contributed by atoms with Gasteiger partial charge in [0.05, 0.1) is 0 Å². The van der Waals surface area contributed by atoms with Crippen molar-refractivity contribution in [2.75, 3.05) is 0 Å². The summed E-state index contributed by atoms with van der Waals surface area (Å²) in [5.41, 5.74) is 4.88. The lowest BCUT2D eigenvalue weighted by molar-refractivity contribution is -0.116. The molecule has 0 saturated heterocycles. The average Bonchev–Trinajstić information content (AvgIpc) is 2.06. The molecule has 3 heteroatoms. The summed E-state index contributed by atoms with van der Waals surface area (Å²) in [5.74, 6) is 0.296. The molecule has 1 N–H and O–H groups in total. The summed E-state index contributed by atoms with van der Waals surface area (Å²) in [4.78, 5) is 11.3. The van der Waals surface area contributed by atoms with E-state index in [1.807, 2.05) is 0 Å². The minimum absolute atomic E-state index is 0.296. The van der Waals surface area contributed by atoms with Gasteiger partial charge in [0, 0.05) is 30.3 Å². The van der Waals surface area contributed by atoms with Gasteiger partial charge in [0.1, 0.15) is 0 Å². The number of carbonyl (C=O) groups excluding carboxylic acids is 1. The first kappa shape index (κ1) is 6.58. The van der Waals surface area contributed by atoms with E-state index >= 15 is 0 Å². The third kappa shape index (κ3) is 1.06. The summed E-state index contributed by atoms with van der Waals surface area (Å²) in [7, 11) is 0.